The van der Waals surface area contributed by atoms with Crippen molar-refractivity contribution in [1.82, 2.24) is 10.5 Å². The van der Waals surface area contributed by atoms with Gasteiger partial charge in [0.1, 0.15) is 18.5 Å². The van der Waals surface area contributed by atoms with E-state index in [1.807, 2.05) is 12.4 Å². The van der Waals surface area contributed by atoms with Gasteiger partial charge in [-0.1, -0.05) is 0 Å². The molecule has 0 aliphatic heterocycles. The zero-order chi connectivity index (χ0) is 19.3. The molecule has 7 nitrogen and oxygen atoms in total. The lowest BCUT2D eigenvalue weighted by Gasteiger charge is -2.14. The molecule has 1 aromatic heterocycles. The first-order chi connectivity index (χ1) is 12.3. The molecule has 10 heteroatoms. The van der Waals surface area contributed by atoms with Crippen LogP contribution in [0.2, 0.25) is 0 Å². The first-order valence-electron chi connectivity index (χ1n) is 7.41. The van der Waals surface area contributed by atoms with Crippen LogP contribution in [0.5, 0.6) is 0 Å². The fourth-order valence-corrected chi connectivity index (χ4v) is 2.20. The summed E-state index contributed by atoms with van der Waals surface area (Å²) >= 11 is 2.08. The van der Waals surface area contributed by atoms with Crippen LogP contribution < -0.4 is 10.8 Å². The van der Waals surface area contributed by atoms with Gasteiger partial charge in [-0.2, -0.15) is 0 Å². The number of anilines is 2. The van der Waals surface area contributed by atoms with Crippen LogP contribution in [0, 0.1) is 22.1 Å². The van der Waals surface area contributed by atoms with E-state index in [-0.39, 0.29) is 18.0 Å². The van der Waals surface area contributed by atoms with Crippen molar-refractivity contribution in [2.45, 2.75) is 13.0 Å². The lowest BCUT2D eigenvalue weighted by Crippen LogP contribution is -2.30. The van der Waals surface area contributed by atoms with E-state index in [1.165, 1.54) is 0 Å². The van der Waals surface area contributed by atoms with Crippen molar-refractivity contribution < 1.29 is 28.6 Å². The molecule has 0 aliphatic rings. The monoisotopic (exact) mass is 479 g/mol. The summed E-state index contributed by atoms with van der Waals surface area (Å²) in [6.45, 7) is 0.905. The highest BCUT2D eigenvalue weighted by atomic mass is 127. The van der Waals surface area contributed by atoms with Gasteiger partial charge in [0.2, 0.25) is 0 Å². The Balaban J connectivity index is 2.25. The third-order valence-corrected chi connectivity index (χ3v) is 4.42. The van der Waals surface area contributed by atoms with Crippen molar-refractivity contribution in [2.75, 3.05) is 18.5 Å². The zero-order valence-electron chi connectivity index (χ0n) is 13.6. The molecule has 0 unspecified atom stereocenters. The molecule has 140 valence electrons. The van der Waals surface area contributed by atoms with Crippen LogP contribution >= 0.6 is 22.6 Å². The number of hydrogen-bond donors (Lipinski definition) is 4. The highest BCUT2D eigenvalue weighted by Crippen LogP contribution is 2.26. The molecule has 0 saturated heterocycles. The number of aliphatic hydroxyl groups excluding tert-OH is 2. The van der Waals surface area contributed by atoms with Crippen molar-refractivity contribution in [3.8, 4) is 0 Å². The summed E-state index contributed by atoms with van der Waals surface area (Å²) in [5.74, 6) is -3.01. The quantitative estimate of drug-likeness (QED) is 0.358. The van der Waals surface area contributed by atoms with E-state index in [2.05, 4.69) is 32.9 Å². The molecular formula is C16H16F2IN3O4. The number of hydrogen-bond acceptors (Lipinski definition) is 6. The predicted molar refractivity (Wildman–Crippen MR) is 97.8 cm³/mol. The van der Waals surface area contributed by atoms with Crippen molar-refractivity contribution in [3.05, 3.63) is 50.7 Å². The second kappa shape index (κ2) is 9.16. The minimum Gasteiger partial charge on any atom is -0.394 e. The van der Waals surface area contributed by atoms with Crippen molar-refractivity contribution >= 4 is 40.0 Å². The normalized spacial score (nSPS) is 11.9. The third kappa shape index (κ3) is 5.06. The highest BCUT2D eigenvalue weighted by Gasteiger charge is 2.20. The molecule has 1 aromatic carbocycles. The Kier molecular flexibility index (Phi) is 7.20. The summed E-state index contributed by atoms with van der Waals surface area (Å²) in [7, 11) is 0. The maximum absolute atomic E-state index is 14.2. The van der Waals surface area contributed by atoms with Gasteiger partial charge in [0.25, 0.3) is 5.91 Å². The molecule has 1 atom stereocenters. The van der Waals surface area contributed by atoms with Gasteiger partial charge in [0, 0.05) is 9.77 Å². The molecular weight excluding hydrogens is 463 g/mol. The van der Waals surface area contributed by atoms with Gasteiger partial charge in [0.15, 0.2) is 11.6 Å². The third-order valence-electron chi connectivity index (χ3n) is 3.29. The number of aryl methyl sites for hydroxylation is 1. The second-order valence-electron chi connectivity index (χ2n) is 5.31. The number of rotatable bonds is 7. The molecule has 1 amide bonds. The van der Waals surface area contributed by atoms with Gasteiger partial charge in [-0.3, -0.25) is 9.63 Å². The second-order valence-corrected chi connectivity index (χ2v) is 6.47. The molecule has 2 aromatic rings. The first-order valence-corrected chi connectivity index (χ1v) is 8.49. The molecule has 0 saturated carbocycles. The van der Waals surface area contributed by atoms with Gasteiger partial charge < -0.3 is 15.5 Å². The number of carbonyl (C=O) groups is 1. The van der Waals surface area contributed by atoms with Crippen LogP contribution in [-0.4, -0.2) is 40.4 Å². The Morgan fingerprint density at radius 2 is 2.15 bits per heavy atom. The Hall–Kier alpha value is -1.89. The number of aliphatic hydroxyl groups is 2. The topological polar surface area (TPSA) is 104 Å². The molecule has 0 fully saturated rings. The number of benzene rings is 1. The Labute approximate surface area is 161 Å². The fourth-order valence-electron chi connectivity index (χ4n) is 1.91. The maximum Gasteiger partial charge on any atom is 0.277 e. The van der Waals surface area contributed by atoms with Crippen molar-refractivity contribution in [2.24, 2.45) is 0 Å². The number of amides is 1. The molecule has 0 bridgehead atoms. The van der Waals surface area contributed by atoms with E-state index in [0.717, 1.165) is 21.3 Å². The molecule has 0 radical (unpaired) electrons. The number of pyridine rings is 1. The van der Waals surface area contributed by atoms with Crippen molar-refractivity contribution in [1.29, 1.82) is 0 Å². The van der Waals surface area contributed by atoms with Gasteiger partial charge in [-0.05, 0) is 53.3 Å². The number of aromatic nitrogens is 1. The number of hydroxylamine groups is 1. The summed E-state index contributed by atoms with van der Waals surface area (Å²) in [5.41, 5.74) is 2.24. The van der Waals surface area contributed by atoms with E-state index >= 15 is 0 Å². The Morgan fingerprint density at radius 3 is 2.81 bits per heavy atom. The average Bonchev–Trinajstić information content (AvgIpc) is 2.61. The van der Waals surface area contributed by atoms with E-state index in [0.29, 0.717) is 0 Å². The van der Waals surface area contributed by atoms with E-state index in [9.17, 15) is 13.6 Å². The summed E-state index contributed by atoms with van der Waals surface area (Å²) in [4.78, 5) is 21.0. The van der Waals surface area contributed by atoms with Gasteiger partial charge in [-0.15, -0.1) is 0 Å². The van der Waals surface area contributed by atoms with Crippen LogP contribution in [-0.2, 0) is 4.84 Å². The fraction of sp³-hybridized carbons (Fsp3) is 0.250. The highest BCUT2D eigenvalue weighted by molar-refractivity contribution is 14.1. The Bertz CT molecular complexity index is 807. The molecule has 2 rings (SSSR count). The number of carbonyl (C=O) groups excluding carboxylic acids is 1. The van der Waals surface area contributed by atoms with E-state index in [1.54, 1.807) is 12.3 Å². The lowest BCUT2D eigenvalue weighted by atomic mass is 10.1. The summed E-state index contributed by atoms with van der Waals surface area (Å²) in [6.07, 6.45) is 0.367. The smallest absolute Gasteiger partial charge is 0.277 e. The molecule has 0 spiro atoms. The van der Waals surface area contributed by atoms with Crippen molar-refractivity contribution in [3.63, 3.8) is 0 Å². The van der Waals surface area contributed by atoms with Crippen LogP contribution in [0.4, 0.5) is 20.3 Å². The summed E-state index contributed by atoms with van der Waals surface area (Å²) in [6, 6.07) is 3.52. The lowest BCUT2D eigenvalue weighted by molar-refractivity contribution is -0.0295. The summed E-state index contributed by atoms with van der Waals surface area (Å²) < 4.78 is 28.7. The molecule has 1 heterocycles. The standard InChI is InChI=1S/C16H16F2IN3O4/c1-8-4-13(20-5-12(8)19)21-15-10(2-3-11(17)14(15)18)16(25)22-26-7-9(24)6-23/h2-5,9,23-24H,6-7H2,1H3,(H,20,21)(H,22,25)/t9-/m1/s1. The van der Waals surface area contributed by atoms with E-state index < -0.39 is 35.9 Å². The average molecular weight is 479 g/mol. The van der Waals surface area contributed by atoms with Crippen LogP contribution in [0.3, 0.4) is 0 Å². The SMILES string of the molecule is Cc1cc(Nc2c(C(=O)NOC[C@H](O)CO)ccc(F)c2F)ncc1I. The van der Waals surface area contributed by atoms with E-state index in [4.69, 9.17) is 15.1 Å². The van der Waals surface area contributed by atoms with Gasteiger partial charge in [0.05, 0.1) is 17.9 Å². The van der Waals surface area contributed by atoms with Gasteiger partial charge >= 0.3 is 0 Å². The molecule has 0 aliphatic carbocycles. The minimum atomic E-state index is -1.24. The van der Waals surface area contributed by atoms with Crippen LogP contribution in [0.1, 0.15) is 15.9 Å². The number of nitrogens with one attached hydrogen (secondary N) is 2. The van der Waals surface area contributed by atoms with Gasteiger partial charge in [-0.25, -0.2) is 19.2 Å². The Morgan fingerprint density at radius 1 is 1.42 bits per heavy atom. The summed E-state index contributed by atoms with van der Waals surface area (Å²) in [5, 5.41) is 20.5. The zero-order valence-corrected chi connectivity index (χ0v) is 15.8. The van der Waals surface area contributed by atoms with Crippen LogP contribution in [0.15, 0.2) is 24.4 Å². The maximum atomic E-state index is 14.2. The number of halogens is 3. The molecule has 26 heavy (non-hydrogen) atoms. The van der Waals surface area contributed by atoms with Crippen LogP contribution in [0.25, 0.3) is 0 Å². The first kappa shape index (κ1) is 20.4. The minimum absolute atomic E-state index is 0.222. The predicted octanol–water partition coefficient (Wildman–Crippen LogP) is 2.03. The largest absolute Gasteiger partial charge is 0.394 e. The molecule has 4 N–H and O–H groups in total. The number of nitrogens with zero attached hydrogens (tertiary/aromatic N) is 1.